The maximum atomic E-state index is 12.5. The summed E-state index contributed by atoms with van der Waals surface area (Å²) in [4.78, 5) is 17.3. The van der Waals surface area contributed by atoms with Gasteiger partial charge in [-0.05, 0) is 88.9 Å². The van der Waals surface area contributed by atoms with E-state index in [0.29, 0.717) is 11.7 Å². The number of likely N-dealkylation sites (tertiary alicyclic amines) is 1. The van der Waals surface area contributed by atoms with Gasteiger partial charge in [-0.2, -0.15) is 5.10 Å². The highest BCUT2D eigenvalue weighted by molar-refractivity contribution is 7.12. The number of carboxylic acid groups (broad SMARTS) is 1. The average Bonchev–Trinajstić information content (AvgIpc) is 3.49. The monoisotopic (exact) mass is 509 g/mol. The maximum absolute atomic E-state index is 12.5. The topological polar surface area (TPSA) is 96.4 Å². The van der Waals surface area contributed by atoms with Crippen molar-refractivity contribution < 1.29 is 9.90 Å². The highest BCUT2D eigenvalue weighted by Gasteiger charge is 2.41. The van der Waals surface area contributed by atoms with Crippen LogP contribution in [-0.2, 0) is 11.3 Å². The van der Waals surface area contributed by atoms with E-state index in [1.165, 1.54) is 10.4 Å². The Labute approximate surface area is 218 Å². The normalized spacial score (nSPS) is 17.8. The van der Waals surface area contributed by atoms with Crippen LogP contribution in [0.1, 0.15) is 72.0 Å². The van der Waals surface area contributed by atoms with Gasteiger partial charge in [0.25, 0.3) is 0 Å². The number of piperidine rings is 1. The molecule has 2 unspecified atom stereocenters. The number of aliphatic carboxylic acids is 1. The molecule has 8 heteroatoms. The molecule has 0 saturated carbocycles. The molecule has 4 rings (SSSR count). The molecule has 2 atom stereocenters. The van der Waals surface area contributed by atoms with E-state index < -0.39 is 11.4 Å². The summed E-state index contributed by atoms with van der Waals surface area (Å²) in [7, 11) is 0. The van der Waals surface area contributed by atoms with Crippen molar-refractivity contribution in [2.75, 3.05) is 30.7 Å². The third-order valence-electron chi connectivity index (χ3n) is 7.61. The molecule has 0 aliphatic carbocycles. The maximum Gasteiger partial charge on any atom is 0.310 e. The van der Waals surface area contributed by atoms with Crippen LogP contribution in [0.4, 0.5) is 11.4 Å². The van der Waals surface area contributed by atoms with Gasteiger partial charge in [-0.3, -0.25) is 14.4 Å². The lowest BCUT2D eigenvalue weighted by molar-refractivity contribution is -0.147. The number of carbonyl (C=O) groups is 1. The Bertz CT molecular complexity index is 1200. The van der Waals surface area contributed by atoms with Crippen LogP contribution >= 0.6 is 11.3 Å². The van der Waals surface area contributed by atoms with Crippen molar-refractivity contribution in [3.05, 3.63) is 63.1 Å². The number of benzene rings is 1. The number of nitrogens with one attached hydrogen (secondary N) is 1. The fraction of sp³-hybridized carbons (Fsp3) is 0.500. The number of nitrogens with zero attached hydrogens (tertiary/aromatic N) is 3. The molecule has 7 nitrogen and oxygen atoms in total. The second-order valence-electron chi connectivity index (χ2n) is 10.5. The summed E-state index contributed by atoms with van der Waals surface area (Å²) >= 11 is 1.71. The van der Waals surface area contributed by atoms with Gasteiger partial charge < -0.3 is 16.2 Å². The van der Waals surface area contributed by atoms with Crippen molar-refractivity contribution in [3.63, 3.8) is 0 Å². The Morgan fingerprint density at radius 2 is 2.14 bits per heavy atom. The van der Waals surface area contributed by atoms with Crippen LogP contribution in [0.25, 0.3) is 0 Å². The molecule has 1 aromatic carbocycles. The van der Waals surface area contributed by atoms with Crippen molar-refractivity contribution in [3.8, 4) is 0 Å². The van der Waals surface area contributed by atoms with Crippen LogP contribution < -0.4 is 11.1 Å². The number of aromatic nitrogens is 2. The van der Waals surface area contributed by atoms with Gasteiger partial charge in [-0.1, -0.05) is 6.07 Å². The van der Waals surface area contributed by atoms with E-state index in [9.17, 15) is 9.90 Å². The molecule has 1 saturated heterocycles. The van der Waals surface area contributed by atoms with Crippen molar-refractivity contribution in [1.82, 2.24) is 14.7 Å². The van der Waals surface area contributed by atoms with E-state index in [0.717, 1.165) is 60.7 Å². The Hall–Kier alpha value is -2.84. The fourth-order valence-corrected chi connectivity index (χ4v) is 6.75. The molecule has 0 spiro atoms. The molecule has 194 valence electrons. The summed E-state index contributed by atoms with van der Waals surface area (Å²) in [6.07, 6.45) is 6.19. The van der Waals surface area contributed by atoms with Gasteiger partial charge >= 0.3 is 5.97 Å². The number of nitrogens with two attached hydrogens (primary N) is 1. The quantitative estimate of drug-likeness (QED) is 0.322. The minimum Gasteiger partial charge on any atom is -0.481 e. The van der Waals surface area contributed by atoms with Gasteiger partial charge in [0.05, 0.1) is 22.8 Å². The molecule has 4 N–H and O–H groups in total. The fourth-order valence-electron chi connectivity index (χ4n) is 5.40. The number of carboxylic acids is 1. The van der Waals surface area contributed by atoms with E-state index in [4.69, 9.17) is 5.73 Å². The zero-order valence-electron chi connectivity index (χ0n) is 22.0. The van der Waals surface area contributed by atoms with Crippen LogP contribution in [0.2, 0.25) is 0 Å². The first-order valence-corrected chi connectivity index (χ1v) is 13.6. The first kappa shape index (κ1) is 26.2. The lowest BCUT2D eigenvalue weighted by Crippen LogP contribution is -2.36. The Morgan fingerprint density at radius 3 is 2.81 bits per heavy atom. The van der Waals surface area contributed by atoms with Crippen LogP contribution in [0.3, 0.4) is 0 Å². The standard InChI is InChI=1S/C28H39N5O2S/c1-6-30-23-11-10-22(18(2)26(23)29)25(28(4,5)27(34)35)24-15-20(19(3)36-24)16-32-13-7-9-21(17-32)33-14-8-12-31-33/h8,10-12,14-15,21,25,30H,6-7,9,13,16-17,29H2,1-5H3,(H,34,35). The molecular weight excluding hydrogens is 470 g/mol. The molecule has 3 aromatic rings. The van der Waals surface area contributed by atoms with E-state index in [2.05, 4.69) is 39.2 Å². The number of rotatable bonds is 9. The molecule has 1 aliphatic rings. The molecule has 2 aromatic heterocycles. The van der Waals surface area contributed by atoms with Crippen LogP contribution in [0.15, 0.2) is 36.7 Å². The van der Waals surface area contributed by atoms with Crippen molar-refractivity contribution in [2.45, 2.75) is 66.0 Å². The van der Waals surface area contributed by atoms with Crippen molar-refractivity contribution >= 4 is 28.7 Å². The van der Waals surface area contributed by atoms with Crippen LogP contribution in [0.5, 0.6) is 0 Å². The molecule has 0 amide bonds. The SMILES string of the molecule is CCNc1ccc(C(c2cc(CN3CCCC(n4cccn4)C3)c(C)s2)C(C)(C)C(=O)O)c(C)c1N. The van der Waals surface area contributed by atoms with Gasteiger partial charge in [-0.25, -0.2) is 0 Å². The minimum atomic E-state index is -0.998. The summed E-state index contributed by atoms with van der Waals surface area (Å²) in [6.45, 7) is 13.5. The Morgan fingerprint density at radius 1 is 1.36 bits per heavy atom. The summed E-state index contributed by atoms with van der Waals surface area (Å²) in [5, 5.41) is 18.0. The highest BCUT2D eigenvalue weighted by atomic mass is 32.1. The molecule has 0 bridgehead atoms. The molecular formula is C28H39N5O2S. The van der Waals surface area contributed by atoms with Gasteiger partial charge in [0, 0.05) is 47.7 Å². The third-order valence-corrected chi connectivity index (χ3v) is 8.76. The van der Waals surface area contributed by atoms with Gasteiger partial charge in [0.15, 0.2) is 0 Å². The third kappa shape index (κ3) is 5.15. The minimum absolute atomic E-state index is 0.302. The van der Waals surface area contributed by atoms with Crippen LogP contribution in [0, 0.1) is 19.3 Å². The first-order chi connectivity index (χ1) is 17.1. The first-order valence-electron chi connectivity index (χ1n) is 12.8. The van der Waals surface area contributed by atoms with Gasteiger partial charge in [0.1, 0.15) is 0 Å². The van der Waals surface area contributed by atoms with E-state index >= 15 is 0 Å². The number of aryl methyl sites for hydroxylation is 1. The second-order valence-corrected chi connectivity index (χ2v) is 11.8. The summed E-state index contributed by atoms with van der Waals surface area (Å²) < 4.78 is 2.08. The Kier molecular flexibility index (Phi) is 7.76. The number of anilines is 2. The summed E-state index contributed by atoms with van der Waals surface area (Å²) in [5.41, 5.74) is 10.3. The predicted octanol–water partition coefficient (Wildman–Crippen LogP) is 5.66. The second kappa shape index (κ2) is 10.6. The lowest BCUT2D eigenvalue weighted by Gasteiger charge is -2.33. The average molecular weight is 510 g/mol. The summed E-state index contributed by atoms with van der Waals surface area (Å²) in [6, 6.07) is 8.65. The van der Waals surface area contributed by atoms with Crippen molar-refractivity contribution in [2.24, 2.45) is 5.41 Å². The molecule has 3 heterocycles. The lowest BCUT2D eigenvalue weighted by atomic mass is 9.72. The van der Waals surface area contributed by atoms with Crippen LogP contribution in [-0.4, -0.2) is 45.4 Å². The predicted molar refractivity (Wildman–Crippen MR) is 148 cm³/mol. The largest absolute Gasteiger partial charge is 0.481 e. The Balaban J connectivity index is 1.66. The number of nitrogen functional groups attached to an aromatic ring is 1. The van der Waals surface area contributed by atoms with Crippen molar-refractivity contribution in [1.29, 1.82) is 0 Å². The molecule has 1 aliphatic heterocycles. The van der Waals surface area contributed by atoms with E-state index in [-0.39, 0.29) is 5.92 Å². The number of thiophene rings is 1. The van der Waals surface area contributed by atoms with E-state index in [1.54, 1.807) is 11.3 Å². The molecule has 36 heavy (non-hydrogen) atoms. The molecule has 1 fully saturated rings. The van der Waals surface area contributed by atoms with Gasteiger partial charge in [-0.15, -0.1) is 11.3 Å². The smallest absolute Gasteiger partial charge is 0.310 e. The molecule has 0 radical (unpaired) electrons. The summed E-state index contributed by atoms with van der Waals surface area (Å²) in [5.74, 6) is -1.12. The highest BCUT2D eigenvalue weighted by Crippen LogP contribution is 2.47. The van der Waals surface area contributed by atoms with E-state index in [1.807, 2.05) is 52.1 Å². The zero-order chi connectivity index (χ0) is 26.0. The van der Waals surface area contributed by atoms with Gasteiger partial charge in [0.2, 0.25) is 0 Å². The zero-order valence-corrected chi connectivity index (χ0v) is 22.9. The number of hydrogen-bond donors (Lipinski definition) is 3. The number of hydrogen-bond acceptors (Lipinski definition) is 6.